The maximum Gasteiger partial charge on any atom is 0.271 e. The quantitative estimate of drug-likeness (QED) is 0.370. The van der Waals surface area contributed by atoms with Gasteiger partial charge in [-0.2, -0.15) is 5.10 Å². The molecule has 2 rings (SSSR count). The Morgan fingerprint density at radius 3 is 2.33 bits per heavy atom. The highest BCUT2D eigenvalue weighted by Gasteiger charge is 2.05. The Hall–Kier alpha value is -2.62. The molecule has 0 aromatic heterocycles. The van der Waals surface area contributed by atoms with E-state index in [1.54, 1.807) is 18.3 Å². The number of hydrazone groups is 1. The molecule has 0 saturated heterocycles. The molecule has 4 heteroatoms. The van der Waals surface area contributed by atoms with Crippen molar-refractivity contribution in [3.8, 4) is 5.75 Å². The van der Waals surface area contributed by atoms with Crippen LogP contribution < -0.4 is 10.2 Å². The van der Waals surface area contributed by atoms with E-state index in [9.17, 15) is 4.79 Å². The number of nitrogens with zero attached hydrogens (tertiary/aromatic N) is 1. The van der Waals surface area contributed by atoms with E-state index < -0.39 is 0 Å². The largest absolute Gasteiger partial charge is 0.494 e. The predicted octanol–water partition coefficient (Wildman–Crippen LogP) is 5.33. The van der Waals surface area contributed by atoms with Crippen LogP contribution in [0.3, 0.4) is 0 Å². The number of amides is 1. The number of nitrogens with one attached hydrogen (secondary N) is 1. The Kier molecular flexibility index (Phi) is 8.05. The van der Waals surface area contributed by atoms with Crippen molar-refractivity contribution in [2.45, 2.75) is 53.4 Å². The minimum atomic E-state index is -0.233. The van der Waals surface area contributed by atoms with Crippen molar-refractivity contribution < 1.29 is 9.53 Å². The van der Waals surface area contributed by atoms with Gasteiger partial charge < -0.3 is 4.74 Å². The van der Waals surface area contributed by atoms with Crippen LogP contribution in [0.2, 0.25) is 0 Å². The van der Waals surface area contributed by atoms with Crippen LogP contribution in [0.4, 0.5) is 0 Å². The van der Waals surface area contributed by atoms with Gasteiger partial charge in [0, 0.05) is 11.1 Å². The lowest BCUT2D eigenvalue weighted by molar-refractivity contribution is 0.0955. The molecule has 1 amide bonds. The second kappa shape index (κ2) is 10.5. The molecule has 2 aromatic carbocycles. The number of benzene rings is 2. The third-order valence-electron chi connectivity index (χ3n) is 4.48. The summed E-state index contributed by atoms with van der Waals surface area (Å²) in [6.07, 6.45) is 6.41. The molecule has 0 saturated carbocycles. The molecule has 144 valence electrons. The third-order valence-corrected chi connectivity index (χ3v) is 4.48. The van der Waals surface area contributed by atoms with Crippen molar-refractivity contribution in [1.29, 1.82) is 0 Å². The highest BCUT2D eigenvalue weighted by molar-refractivity contribution is 5.95. The van der Waals surface area contributed by atoms with E-state index in [1.807, 2.05) is 26.0 Å². The Morgan fingerprint density at radius 2 is 1.70 bits per heavy atom. The van der Waals surface area contributed by atoms with Gasteiger partial charge in [0.25, 0.3) is 5.91 Å². The number of hydrogen-bond donors (Lipinski definition) is 1. The Bertz CT molecular complexity index is 756. The highest BCUT2D eigenvalue weighted by Crippen LogP contribution is 2.15. The number of ether oxygens (including phenoxy) is 1. The number of unbranched alkanes of at least 4 members (excludes halogenated alkanes) is 3. The summed E-state index contributed by atoms with van der Waals surface area (Å²) >= 11 is 0. The molecule has 0 radical (unpaired) electrons. The van der Waals surface area contributed by atoms with Gasteiger partial charge in [0.15, 0.2) is 0 Å². The summed E-state index contributed by atoms with van der Waals surface area (Å²) in [5.41, 5.74) is 7.70. The van der Waals surface area contributed by atoms with E-state index in [4.69, 9.17) is 4.74 Å². The molecule has 0 fully saturated rings. The van der Waals surface area contributed by atoms with Gasteiger partial charge in [-0.3, -0.25) is 4.79 Å². The molecule has 0 bridgehead atoms. The molecular formula is C23H30N2O2. The van der Waals surface area contributed by atoms with Gasteiger partial charge in [-0.05, 0) is 62.6 Å². The van der Waals surface area contributed by atoms with E-state index in [0.29, 0.717) is 12.2 Å². The average Bonchev–Trinajstić information content (AvgIpc) is 2.64. The van der Waals surface area contributed by atoms with Crippen molar-refractivity contribution in [3.05, 3.63) is 64.2 Å². The summed E-state index contributed by atoms with van der Waals surface area (Å²) in [5, 5.41) is 4.11. The van der Waals surface area contributed by atoms with Gasteiger partial charge in [-0.15, -0.1) is 0 Å². The molecule has 0 spiro atoms. The predicted molar refractivity (Wildman–Crippen MR) is 112 cm³/mol. The fourth-order valence-corrected chi connectivity index (χ4v) is 3.04. The van der Waals surface area contributed by atoms with Crippen molar-refractivity contribution >= 4 is 12.1 Å². The van der Waals surface area contributed by atoms with Gasteiger partial charge >= 0.3 is 0 Å². The lowest BCUT2D eigenvalue weighted by Crippen LogP contribution is -2.17. The first kappa shape index (κ1) is 20.7. The second-order valence-corrected chi connectivity index (χ2v) is 6.95. The van der Waals surface area contributed by atoms with E-state index >= 15 is 0 Å². The molecule has 1 N–H and O–H groups in total. The summed E-state index contributed by atoms with van der Waals surface area (Å²) in [6, 6.07) is 11.4. The van der Waals surface area contributed by atoms with Gasteiger partial charge in [0.1, 0.15) is 5.75 Å². The molecule has 0 aliphatic rings. The van der Waals surface area contributed by atoms with Crippen molar-refractivity contribution in [2.75, 3.05) is 6.61 Å². The van der Waals surface area contributed by atoms with Crippen molar-refractivity contribution in [2.24, 2.45) is 5.10 Å². The van der Waals surface area contributed by atoms with Crippen LogP contribution in [0.15, 0.2) is 41.5 Å². The summed E-state index contributed by atoms with van der Waals surface area (Å²) in [4.78, 5) is 12.2. The fraction of sp³-hybridized carbons (Fsp3) is 0.391. The number of rotatable bonds is 9. The lowest BCUT2D eigenvalue weighted by atomic mass is 10.0. The Morgan fingerprint density at radius 1 is 1.04 bits per heavy atom. The van der Waals surface area contributed by atoms with Crippen molar-refractivity contribution in [3.63, 3.8) is 0 Å². The minimum absolute atomic E-state index is 0.233. The molecule has 0 atom stereocenters. The first-order valence-corrected chi connectivity index (χ1v) is 9.65. The van der Waals surface area contributed by atoms with Crippen LogP contribution in [-0.2, 0) is 0 Å². The van der Waals surface area contributed by atoms with Crippen LogP contribution in [0, 0.1) is 20.8 Å². The number of carbonyl (C=O) groups is 1. The summed E-state index contributed by atoms with van der Waals surface area (Å²) < 4.78 is 5.70. The number of carbonyl (C=O) groups excluding carboxylic acids is 1. The van der Waals surface area contributed by atoms with E-state index in [-0.39, 0.29) is 5.91 Å². The van der Waals surface area contributed by atoms with Crippen LogP contribution in [0.5, 0.6) is 5.75 Å². The second-order valence-electron chi connectivity index (χ2n) is 6.95. The lowest BCUT2D eigenvalue weighted by Gasteiger charge is -2.07. The van der Waals surface area contributed by atoms with E-state index in [2.05, 4.69) is 36.5 Å². The highest BCUT2D eigenvalue weighted by atomic mass is 16.5. The van der Waals surface area contributed by atoms with Crippen LogP contribution in [0.25, 0.3) is 0 Å². The van der Waals surface area contributed by atoms with Gasteiger partial charge in [0.2, 0.25) is 0 Å². The van der Waals surface area contributed by atoms with Crippen LogP contribution in [0.1, 0.15) is 65.2 Å². The summed E-state index contributed by atoms with van der Waals surface area (Å²) in [5.74, 6) is 0.556. The summed E-state index contributed by atoms with van der Waals surface area (Å²) in [7, 11) is 0. The zero-order chi connectivity index (χ0) is 19.6. The molecule has 0 aliphatic heterocycles. The first-order chi connectivity index (χ1) is 13.0. The minimum Gasteiger partial charge on any atom is -0.494 e. The van der Waals surface area contributed by atoms with E-state index in [0.717, 1.165) is 28.9 Å². The zero-order valence-corrected chi connectivity index (χ0v) is 16.8. The zero-order valence-electron chi connectivity index (χ0n) is 16.8. The molecule has 0 aliphatic carbocycles. The maximum absolute atomic E-state index is 12.2. The maximum atomic E-state index is 12.2. The van der Waals surface area contributed by atoms with Gasteiger partial charge in [0.05, 0.1) is 12.8 Å². The van der Waals surface area contributed by atoms with Crippen LogP contribution in [-0.4, -0.2) is 18.7 Å². The fourth-order valence-electron chi connectivity index (χ4n) is 3.04. The Labute approximate surface area is 162 Å². The Balaban J connectivity index is 1.87. The topological polar surface area (TPSA) is 50.7 Å². The number of aryl methyl sites for hydroxylation is 3. The SMILES string of the molecule is CCCCCCOc1ccc(C(=O)NN=Cc2c(C)cc(C)cc2C)cc1. The van der Waals surface area contributed by atoms with Gasteiger partial charge in [-0.25, -0.2) is 5.43 Å². The molecule has 0 unspecified atom stereocenters. The normalized spacial score (nSPS) is 11.0. The first-order valence-electron chi connectivity index (χ1n) is 9.65. The monoisotopic (exact) mass is 366 g/mol. The molecule has 27 heavy (non-hydrogen) atoms. The standard InChI is InChI=1S/C23H30N2O2/c1-5-6-7-8-13-27-21-11-9-20(10-12-21)23(26)25-24-16-22-18(3)14-17(2)15-19(22)4/h9-12,14-16H,5-8,13H2,1-4H3,(H,25,26). The van der Waals surface area contributed by atoms with E-state index in [1.165, 1.54) is 24.8 Å². The molecular weight excluding hydrogens is 336 g/mol. The average molecular weight is 367 g/mol. The van der Waals surface area contributed by atoms with Crippen LogP contribution >= 0.6 is 0 Å². The third kappa shape index (κ3) is 6.55. The van der Waals surface area contributed by atoms with Crippen molar-refractivity contribution in [1.82, 2.24) is 5.43 Å². The molecule has 2 aromatic rings. The van der Waals surface area contributed by atoms with Gasteiger partial charge in [-0.1, -0.05) is 43.9 Å². The smallest absolute Gasteiger partial charge is 0.271 e. The molecule has 0 heterocycles. The number of hydrogen-bond acceptors (Lipinski definition) is 3. The summed E-state index contributed by atoms with van der Waals surface area (Å²) in [6.45, 7) is 9.07. The molecule has 4 nitrogen and oxygen atoms in total.